The quantitative estimate of drug-likeness (QED) is 0.118. The maximum atomic E-state index is 15.3. The van der Waals surface area contributed by atoms with Gasteiger partial charge in [-0.15, -0.1) is 0 Å². The van der Waals surface area contributed by atoms with Crippen molar-refractivity contribution in [1.29, 1.82) is 0 Å². The summed E-state index contributed by atoms with van der Waals surface area (Å²) in [5.41, 5.74) is -3.33. The van der Waals surface area contributed by atoms with E-state index in [1.54, 1.807) is 0 Å². The van der Waals surface area contributed by atoms with E-state index >= 15 is 8.78 Å². The number of carbonyl (C=O) groups is 1. The molecular weight excluding hydrogens is 701 g/mol. The van der Waals surface area contributed by atoms with Gasteiger partial charge in [0.05, 0.1) is 11.3 Å². The number of ketones is 1. The predicted molar refractivity (Wildman–Crippen MR) is 133 cm³/mol. The number of carbonyl (C=O) groups excluding carboxylic acids is 1. The molecule has 3 aromatic carbocycles. The summed E-state index contributed by atoms with van der Waals surface area (Å²) in [6, 6.07) is 10.8. The Kier molecular flexibility index (Phi) is 8.67. The van der Waals surface area contributed by atoms with Gasteiger partial charge in [-0.25, -0.2) is 8.78 Å². The summed E-state index contributed by atoms with van der Waals surface area (Å²) >= 11 is 0. The highest BCUT2D eigenvalue weighted by molar-refractivity contribution is 6.16. The Morgan fingerprint density at radius 1 is 0.542 bits per heavy atom. The summed E-state index contributed by atoms with van der Waals surface area (Å²) in [7, 11) is 0. The molecule has 2 nitrogen and oxygen atoms in total. The molecule has 0 fully saturated rings. The van der Waals surface area contributed by atoms with Crippen LogP contribution in [0.25, 0.3) is 22.2 Å². The fourth-order valence-corrected chi connectivity index (χ4v) is 4.64. The molecule has 0 aliphatic heterocycles. The monoisotopic (exact) mass is 715 g/mol. The van der Waals surface area contributed by atoms with Gasteiger partial charge in [-0.3, -0.25) is 4.79 Å². The summed E-state index contributed by atoms with van der Waals surface area (Å²) in [5.74, 6) is -54.3. The number of aromatic nitrogens is 1. The largest absolute Gasteiger partial charge is 0.460 e. The van der Waals surface area contributed by atoms with Crippen LogP contribution in [0.5, 0.6) is 0 Å². The number of alkyl halides is 15. The van der Waals surface area contributed by atoms with Crippen molar-refractivity contribution in [3.05, 3.63) is 95.6 Å². The lowest BCUT2D eigenvalue weighted by Gasteiger charge is -2.41. The minimum Gasteiger partial charge on any atom is -0.335 e. The number of halogens is 17. The van der Waals surface area contributed by atoms with Gasteiger partial charge in [-0.05, 0) is 53.6 Å². The molecular formula is C29H14F17NO. The van der Waals surface area contributed by atoms with E-state index < -0.39 is 87.9 Å². The average molecular weight is 715 g/mol. The zero-order valence-corrected chi connectivity index (χ0v) is 22.9. The molecule has 4 rings (SSSR count). The predicted octanol–water partition coefficient (Wildman–Crippen LogP) is 10.2. The van der Waals surface area contributed by atoms with Crippen LogP contribution in [0.15, 0.2) is 72.8 Å². The molecule has 0 radical (unpaired) electrons. The molecule has 0 spiro atoms. The second-order valence-corrected chi connectivity index (χ2v) is 10.2. The van der Waals surface area contributed by atoms with Crippen LogP contribution < -0.4 is 0 Å². The SMILES string of the molecule is O=C(c1c(-c2ccc(F)cc2)n(Cc2ccc(F)cc2)c2ccccc12)C(F)(F)C(F)(F)C(F)(F)C(F)(F)C(F)(F)C(F)(F)C(F)(F)F. The van der Waals surface area contributed by atoms with Gasteiger partial charge < -0.3 is 4.57 Å². The number of fused-ring (bicyclic) bond motifs is 1. The number of hydrogen-bond donors (Lipinski definition) is 0. The molecule has 1 aromatic heterocycles. The molecule has 0 N–H and O–H groups in total. The Bertz CT molecular complexity index is 1820. The zero-order chi connectivity index (χ0) is 36.5. The van der Waals surface area contributed by atoms with Crippen LogP contribution in [0.1, 0.15) is 15.9 Å². The number of rotatable bonds is 10. The normalized spacial score (nSPS) is 14.1. The minimum atomic E-state index is -8.58. The third-order valence-electron chi connectivity index (χ3n) is 7.18. The molecule has 260 valence electrons. The van der Waals surface area contributed by atoms with Gasteiger partial charge in [0, 0.05) is 17.4 Å². The van der Waals surface area contributed by atoms with Gasteiger partial charge in [-0.1, -0.05) is 30.3 Å². The number of hydrogen-bond acceptors (Lipinski definition) is 1. The van der Waals surface area contributed by atoms with Crippen molar-refractivity contribution >= 4 is 16.7 Å². The van der Waals surface area contributed by atoms with Crippen LogP contribution in [0.2, 0.25) is 0 Å². The number of para-hydroxylation sites is 1. The summed E-state index contributed by atoms with van der Waals surface area (Å²) in [5, 5.41) is -0.802. The Labute approximate surface area is 256 Å². The maximum Gasteiger partial charge on any atom is 0.460 e. The molecule has 0 saturated carbocycles. The molecule has 1 heterocycles. The minimum absolute atomic E-state index is 0.107. The number of benzene rings is 3. The van der Waals surface area contributed by atoms with Crippen molar-refractivity contribution in [2.75, 3.05) is 0 Å². The van der Waals surface area contributed by atoms with E-state index in [1.165, 1.54) is 6.07 Å². The van der Waals surface area contributed by atoms with Crippen LogP contribution in [-0.2, 0) is 6.54 Å². The van der Waals surface area contributed by atoms with E-state index in [1.807, 2.05) is 0 Å². The highest BCUT2D eigenvalue weighted by Gasteiger charge is 2.94. The van der Waals surface area contributed by atoms with Crippen LogP contribution in [-0.4, -0.2) is 52.1 Å². The Morgan fingerprint density at radius 3 is 1.48 bits per heavy atom. The fraction of sp³-hybridized carbons (Fsp3) is 0.276. The Hall–Kier alpha value is -4.32. The molecule has 0 amide bonds. The molecule has 19 heteroatoms. The summed E-state index contributed by atoms with van der Waals surface area (Å²) in [6.45, 7) is -0.560. The second kappa shape index (κ2) is 11.4. The smallest absolute Gasteiger partial charge is 0.335 e. The second-order valence-electron chi connectivity index (χ2n) is 10.2. The van der Waals surface area contributed by atoms with Gasteiger partial charge >= 0.3 is 41.7 Å². The average Bonchev–Trinajstić information content (AvgIpc) is 3.30. The Balaban J connectivity index is 1.98. The standard InChI is InChI=1S/C29H14F17NO/c30-16-9-5-14(6-10-16)13-47-19-4-2-1-3-18(19)20(21(47)15-7-11-17(31)12-8-15)22(48)23(32,33)24(34,35)25(36,37)26(38,39)27(40,41)28(42,43)29(44,45)46/h1-12H,13H2. The van der Waals surface area contributed by atoms with Crippen LogP contribution in [0.4, 0.5) is 74.6 Å². The van der Waals surface area contributed by atoms with Crippen molar-refractivity contribution in [3.8, 4) is 11.3 Å². The first kappa shape index (κ1) is 36.5. The van der Waals surface area contributed by atoms with Crippen molar-refractivity contribution < 1.29 is 79.4 Å². The summed E-state index contributed by atoms with van der Waals surface area (Å²) in [6.07, 6.45) is -7.78. The van der Waals surface area contributed by atoms with Gasteiger partial charge in [0.15, 0.2) is 0 Å². The molecule has 0 atom stereocenters. The van der Waals surface area contributed by atoms with E-state index in [0.717, 1.165) is 59.2 Å². The van der Waals surface area contributed by atoms with Gasteiger partial charge in [0.2, 0.25) is 5.78 Å². The van der Waals surface area contributed by atoms with E-state index in [4.69, 9.17) is 0 Å². The van der Waals surface area contributed by atoms with E-state index in [2.05, 4.69) is 0 Å². The molecule has 0 aliphatic rings. The molecule has 48 heavy (non-hydrogen) atoms. The topological polar surface area (TPSA) is 22.0 Å². The molecule has 4 aromatic rings. The van der Waals surface area contributed by atoms with Gasteiger partial charge in [0.1, 0.15) is 11.6 Å². The van der Waals surface area contributed by atoms with E-state index in [9.17, 15) is 70.7 Å². The zero-order valence-electron chi connectivity index (χ0n) is 22.9. The highest BCUT2D eigenvalue weighted by Crippen LogP contribution is 2.62. The Morgan fingerprint density at radius 2 is 0.979 bits per heavy atom. The molecule has 0 saturated heterocycles. The lowest BCUT2D eigenvalue weighted by Crippen LogP contribution is -2.73. The molecule has 0 aliphatic carbocycles. The first-order valence-corrected chi connectivity index (χ1v) is 12.8. The maximum absolute atomic E-state index is 15.3. The van der Waals surface area contributed by atoms with E-state index in [-0.39, 0.29) is 11.1 Å². The number of nitrogens with zero attached hydrogens (tertiary/aromatic N) is 1. The third kappa shape index (κ3) is 5.24. The van der Waals surface area contributed by atoms with Crippen molar-refractivity contribution in [1.82, 2.24) is 4.57 Å². The van der Waals surface area contributed by atoms with Crippen molar-refractivity contribution in [2.45, 2.75) is 48.3 Å². The first-order valence-electron chi connectivity index (χ1n) is 12.8. The fourth-order valence-electron chi connectivity index (χ4n) is 4.64. The van der Waals surface area contributed by atoms with Crippen LogP contribution in [0.3, 0.4) is 0 Å². The van der Waals surface area contributed by atoms with Crippen LogP contribution >= 0.6 is 0 Å². The van der Waals surface area contributed by atoms with Crippen molar-refractivity contribution in [2.24, 2.45) is 0 Å². The summed E-state index contributed by atoms with van der Waals surface area (Å²) < 4.78 is 237. The first-order chi connectivity index (χ1) is 21.8. The molecule has 0 unspecified atom stereocenters. The van der Waals surface area contributed by atoms with Crippen LogP contribution in [0, 0.1) is 11.6 Å². The van der Waals surface area contributed by atoms with Gasteiger partial charge in [-0.2, -0.15) is 65.9 Å². The van der Waals surface area contributed by atoms with Gasteiger partial charge in [0.25, 0.3) is 0 Å². The highest BCUT2D eigenvalue weighted by atomic mass is 19.4. The van der Waals surface area contributed by atoms with E-state index in [0.29, 0.717) is 12.1 Å². The lowest BCUT2D eigenvalue weighted by molar-refractivity contribution is -0.449. The summed E-state index contributed by atoms with van der Waals surface area (Å²) in [4.78, 5) is 13.2. The lowest BCUT2D eigenvalue weighted by atomic mass is 9.87. The molecule has 0 bridgehead atoms. The number of Topliss-reactive ketones (excluding diaryl/α,β-unsaturated/α-hetero) is 1. The third-order valence-corrected chi connectivity index (χ3v) is 7.18. The van der Waals surface area contributed by atoms with Crippen molar-refractivity contribution in [3.63, 3.8) is 0 Å².